The van der Waals surface area contributed by atoms with Crippen LogP contribution in [0.5, 0.6) is 0 Å². The minimum atomic E-state index is -3.59. The molecule has 1 aliphatic heterocycles. The highest BCUT2D eigenvalue weighted by atomic mass is 32.2. The van der Waals surface area contributed by atoms with Gasteiger partial charge in [0.1, 0.15) is 6.04 Å². The Hall–Kier alpha value is -1.40. The standard InChI is InChI=1S/C14H18N2O3S/c1-10-14(17)15-7-8-16(10)20(18,19)13-6-5-11-3-2-4-12(11)9-13/h5-6,9-10H,2-4,7-8H2,1H3,(H,15,17). The van der Waals surface area contributed by atoms with Crippen molar-refractivity contribution in [3.8, 4) is 0 Å². The highest BCUT2D eigenvalue weighted by Gasteiger charge is 2.35. The minimum absolute atomic E-state index is 0.235. The van der Waals surface area contributed by atoms with Gasteiger partial charge in [-0.3, -0.25) is 4.79 Å². The number of sulfonamides is 1. The number of piperazine rings is 1. The maximum absolute atomic E-state index is 12.7. The van der Waals surface area contributed by atoms with E-state index < -0.39 is 16.1 Å². The fourth-order valence-corrected chi connectivity index (χ4v) is 4.58. The molecule has 1 fully saturated rings. The largest absolute Gasteiger partial charge is 0.353 e. The SMILES string of the molecule is CC1C(=O)NCCN1S(=O)(=O)c1ccc2c(c1)CCC2. The van der Waals surface area contributed by atoms with E-state index in [0.29, 0.717) is 18.0 Å². The molecule has 1 heterocycles. The molecule has 1 atom stereocenters. The van der Waals surface area contributed by atoms with Crippen LogP contribution in [-0.2, 0) is 27.7 Å². The number of hydrogen-bond donors (Lipinski definition) is 1. The average molecular weight is 294 g/mol. The first-order valence-corrected chi connectivity index (χ1v) is 8.35. The molecule has 0 bridgehead atoms. The molecule has 1 unspecified atom stereocenters. The Morgan fingerprint density at radius 1 is 1.25 bits per heavy atom. The predicted molar refractivity (Wildman–Crippen MR) is 74.8 cm³/mol. The van der Waals surface area contributed by atoms with Gasteiger partial charge in [0.15, 0.2) is 0 Å². The van der Waals surface area contributed by atoms with E-state index in [1.54, 1.807) is 19.1 Å². The van der Waals surface area contributed by atoms with Crippen LogP contribution in [0.15, 0.2) is 23.1 Å². The molecule has 5 nitrogen and oxygen atoms in total. The summed E-state index contributed by atoms with van der Waals surface area (Å²) < 4.78 is 26.7. The third-order valence-corrected chi connectivity index (χ3v) is 6.09. The van der Waals surface area contributed by atoms with Gasteiger partial charge in [-0.1, -0.05) is 6.07 Å². The van der Waals surface area contributed by atoms with Crippen LogP contribution in [0.2, 0.25) is 0 Å². The molecule has 1 N–H and O–H groups in total. The molecule has 0 saturated carbocycles. The summed E-state index contributed by atoms with van der Waals surface area (Å²) >= 11 is 0. The Morgan fingerprint density at radius 3 is 2.80 bits per heavy atom. The van der Waals surface area contributed by atoms with Crippen molar-refractivity contribution in [1.29, 1.82) is 0 Å². The minimum Gasteiger partial charge on any atom is -0.353 e. The maximum Gasteiger partial charge on any atom is 0.243 e. The number of benzene rings is 1. The zero-order chi connectivity index (χ0) is 14.3. The van der Waals surface area contributed by atoms with Crippen LogP contribution in [0.3, 0.4) is 0 Å². The van der Waals surface area contributed by atoms with E-state index in [-0.39, 0.29) is 5.91 Å². The number of hydrogen-bond acceptors (Lipinski definition) is 3. The van der Waals surface area contributed by atoms with Gasteiger partial charge in [0.2, 0.25) is 15.9 Å². The lowest BCUT2D eigenvalue weighted by molar-refractivity contribution is -0.126. The van der Waals surface area contributed by atoms with Crippen molar-refractivity contribution in [1.82, 2.24) is 9.62 Å². The molecule has 0 spiro atoms. The summed E-state index contributed by atoms with van der Waals surface area (Å²) in [5, 5.41) is 2.68. The molecule has 1 aromatic rings. The number of fused-ring (bicyclic) bond motifs is 1. The topological polar surface area (TPSA) is 66.5 Å². The maximum atomic E-state index is 12.7. The summed E-state index contributed by atoms with van der Waals surface area (Å²) in [6.07, 6.45) is 3.05. The number of nitrogens with one attached hydrogen (secondary N) is 1. The molecule has 3 rings (SSSR count). The lowest BCUT2D eigenvalue weighted by Crippen LogP contribution is -2.55. The molecule has 0 aromatic heterocycles. The molecule has 2 aliphatic rings. The van der Waals surface area contributed by atoms with Gasteiger partial charge in [-0.05, 0) is 49.4 Å². The zero-order valence-electron chi connectivity index (χ0n) is 11.4. The first-order valence-electron chi connectivity index (χ1n) is 6.91. The van der Waals surface area contributed by atoms with E-state index in [4.69, 9.17) is 0 Å². The number of carbonyl (C=O) groups excluding carboxylic acids is 1. The van der Waals surface area contributed by atoms with Gasteiger partial charge in [0, 0.05) is 13.1 Å². The van der Waals surface area contributed by atoms with Crippen molar-refractivity contribution < 1.29 is 13.2 Å². The molecular formula is C14H18N2O3S. The van der Waals surface area contributed by atoms with Crippen LogP contribution < -0.4 is 5.32 Å². The second kappa shape index (κ2) is 4.86. The van der Waals surface area contributed by atoms with Crippen molar-refractivity contribution >= 4 is 15.9 Å². The van der Waals surface area contributed by atoms with E-state index in [2.05, 4.69) is 5.32 Å². The van der Waals surface area contributed by atoms with E-state index in [1.807, 2.05) is 6.07 Å². The van der Waals surface area contributed by atoms with Crippen molar-refractivity contribution in [2.24, 2.45) is 0 Å². The second-order valence-corrected chi connectivity index (χ2v) is 7.26. The highest BCUT2D eigenvalue weighted by Crippen LogP contribution is 2.27. The average Bonchev–Trinajstić information content (AvgIpc) is 2.89. The zero-order valence-corrected chi connectivity index (χ0v) is 12.2. The van der Waals surface area contributed by atoms with Crippen LogP contribution in [0, 0.1) is 0 Å². The molecule has 1 amide bonds. The number of rotatable bonds is 2. The first kappa shape index (κ1) is 13.6. The predicted octanol–water partition coefficient (Wildman–Crippen LogP) is 0.684. The third-order valence-electron chi connectivity index (χ3n) is 4.12. The van der Waals surface area contributed by atoms with Gasteiger partial charge in [-0.15, -0.1) is 0 Å². The van der Waals surface area contributed by atoms with Crippen molar-refractivity contribution in [3.05, 3.63) is 29.3 Å². The molecule has 0 radical (unpaired) electrons. The molecule has 1 aromatic carbocycles. The van der Waals surface area contributed by atoms with E-state index in [0.717, 1.165) is 24.8 Å². The Labute approximate surface area is 119 Å². The number of nitrogens with zero attached hydrogens (tertiary/aromatic N) is 1. The molecule has 20 heavy (non-hydrogen) atoms. The molecule has 1 saturated heterocycles. The number of aryl methyl sites for hydroxylation is 2. The van der Waals surface area contributed by atoms with E-state index in [1.165, 1.54) is 9.87 Å². The summed E-state index contributed by atoms with van der Waals surface area (Å²) in [4.78, 5) is 12.0. The molecule has 108 valence electrons. The third kappa shape index (κ3) is 2.13. The fraction of sp³-hybridized carbons (Fsp3) is 0.500. The Balaban J connectivity index is 1.97. The van der Waals surface area contributed by atoms with Gasteiger partial charge in [-0.2, -0.15) is 4.31 Å². The van der Waals surface area contributed by atoms with Gasteiger partial charge in [-0.25, -0.2) is 8.42 Å². The summed E-state index contributed by atoms with van der Waals surface area (Å²) in [5.74, 6) is -0.235. The van der Waals surface area contributed by atoms with E-state index >= 15 is 0 Å². The second-order valence-electron chi connectivity index (χ2n) is 5.37. The van der Waals surface area contributed by atoms with Crippen molar-refractivity contribution in [3.63, 3.8) is 0 Å². The lowest BCUT2D eigenvalue weighted by Gasteiger charge is -2.31. The molecule has 1 aliphatic carbocycles. The van der Waals surface area contributed by atoms with Crippen LogP contribution in [0.1, 0.15) is 24.5 Å². The Morgan fingerprint density at radius 2 is 2.00 bits per heavy atom. The molecule has 6 heteroatoms. The quantitative estimate of drug-likeness (QED) is 0.872. The summed E-state index contributed by atoms with van der Waals surface area (Å²) in [7, 11) is -3.59. The van der Waals surface area contributed by atoms with Gasteiger partial charge < -0.3 is 5.32 Å². The van der Waals surface area contributed by atoms with Crippen LogP contribution >= 0.6 is 0 Å². The summed E-state index contributed by atoms with van der Waals surface area (Å²) in [5.41, 5.74) is 2.37. The first-order chi connectivity index (χ1) is 9.50. The monoisotopic (exact) mass is 294 g/mol. The molecular weight excluding hydrogens is 276 g/mol. The smallest absolute Gasteiger partial charge is 0.243 e. The highest BCUT2D eigenvalue weighted by molar-refractivity contribution is 7.89. The number of amides is 1. The van der Waals surface area contributed by atoms with Crippen molar-refractivity contribution in [2.75, 3.05) is 13.1 Å². The Bertz CT molecular complexity index is 654. The van der Waals surface area contributed by atoms with E-state index in [9.17, 15) is 13.2 Å². The van der Waals surface area contributed by atoms with Gasteiger partial charge in [0.25, 0.3) is 0 Å². The normalized spacial score (nSPS) is 23.4. The summed E-state index contributed by atoms with van der Waals surface area (Å²) in [6, 6.07) is 4.70. The Kier molecular flexibility index (Phi) is 3.30. The van der Waals surface area contributed by atoms with Crippen LogP contribution in [-0.4, -0.2) is 37.8 Å². The van der Waals surface area contributed by atoms with Crippen LogP contribution in [0.4, 0.5) is 0 Å². The van der Waals surface area contributed by atoms with Crippen LogP contribution in [0.25, 0.3) is 0 Å². The summed E-state index contributed by atoms with van der Waals surface area (Å²) in [6.45, 7) is 2.32. The fourth-order valence-electron chi connectivity index (χ4n) is 2.93. The van der Waals surface area contributed by atoms with Crippen molar-refractivity contribution in [2.45, 2.75) is 37.1 Å². The number of carbonyl (C=O) groups is 1. The van der Waals surface area contributed by atoms with Gasteiger partial charge in [0.05, 0.1) is 4.90 Å². The lowest BCUT2D eigenvalue weighted by atomic mass is 10.1. The van der Waals surface area contributed by atoms with Gasteiger partial charge >= 0.3 is 0 Å².